The van der Waals surface area contributed by atoms with Gasteiger partial charge in [0.1, 0.15) is 5.75 Å². The largest absolute Gasteiger partial charge is 0.490 e. The third-order valence-electron chi connectivity index (χ3n) is 4.33. The van der Waals surface area contributed by atoms with Gasteiger partial charge in [0.2, 0.25) is 0 Å². The van der Waals surface area contributed by atoms with Gasteiger partial charge >= 0.3 is 5.97 Å². The van der Waals surface area contributed by atoms with Gasteiger partial charge in [0, 0.05) is 0 Å². The lowest BCUT2D eigenvalue weighted by molar-refractivity contribution is -0.145. The van der Waals surface area contributed by atoms with E-state index in [9.17, 15) is 9.90 Å². The summed E-state index contributed by atoms with van der Waals surface area (Å²) in [5, 5.41) is 9.69. The molecule has 2 aliphatic rings. The zero-order chi connectivity index (χ0) is 13.3. The number of hydrogen-bond acceptors (Lipinski definition) is 2. The monoisotopic (exact) mass is 260 g/mol. The Balaban J connectivity index is 1.90. The minimum absolute atomic E-state index is 0.349. The highest BCUT2D eigenvalue weighted by Crippen LogP contribution is 2.41. The van der Waals surface area contributed by atoms with E-state index in [2.05, 4.69) is 0 Å². The number of carbonyl (C=O) groups is 1. The predicted molar refractivity (Wildman–Crippen MR) is 72.5 cm³/mol. The summed E-state index contributed by atoms with van der Waals surface area (Å²) in [6.07, 6.45) is 7.22. The van der Waals surface area contributed by atoms with Gasteiger partial charge in [-0.2, -0.15) is 0 Å². The standard InChI is InChI=1S/C16H20O3/c17-15(18)16(9-2-1-3-10-16)12-5-4-6-14(11-12)19-13-7-8-13/h4-6,11,13H,1-3,7-10H2,(H,17,18). The summed E-state index contributed by atoms with van der Waals surface area (Å²) in [5.74, 6) is 0.141. The van der Waals surface area contributed by atoms with Crippen LogP contribution >= 0.6 is 0 Å². The van der Waals surface area contributed by atoms with Crippen LogP contribution in [-0.4, -0.2) is 17.2 Å². The van der Waals surface area contributed by atoms with Crippen molar-refractivity contribution in [3.8, 4) is 5.75 Å². The second-order valence-electron chi connectivity index (χ2n) is 5.79. The molecule has 0 radical (unpaired) electrons. The van der Waals surface area contributed by atoms with E-state index in [1.165, 1.54) is 0 Å². The molecular weight excluding hydrogens is 240 g/mol. The number of hydrogen-bond donors (Lipinski definition) is 1. The van der Waals surface area contributed by atoms with Crippen molar-refractivity contribution in [3.63, 3.8) is 0 Å². The van der Waals surface area contributed by atoms with Gasteiger partial charge in [-0.05, 0) is 43.4 Å². The van der Waals surface area contributed by atoms with Crippen LogP contribution in [0.3, 0.4) is 0 Å². The van der Waals surface area contributed by atoms with Gasteiger partial charge in [-0.1, -0.05) is 31.4 Å². The SMILES string of the molecule is O=C(O)C1(c2cccc(OC3CC3)c2)CCCCC1. The fraction of sp³-hybridized carbons (Fsp3) is 0.562. The quantitative estimate of drug-likeness (QED) is 0.901. The molecule has 2 saturated carbocycles. The minimum atomic E-state index is -0.693. The third-order valence-corrected chi connectivity index (χ3v) is 4.33. The Morgan fingerprint density at radius 3 is 2.58 bits per heavy atom. The van der Waals surface area contributed by atoms with Crippen molar-refractivity contribution in [2.75, 3.05) is 0 Å². The van der Waals surface area contributed by atoms with E-state index in [0.29, 0.717) is 6.10 Å². The van der Waals surface area contributed by atoms with Crippen LogP contribution in [0.2, 0.25) is 0 Å². The fourth-order valence-electron chi connectivity index (χ4n) is 3.03. The molecule has 2 fully saturated rings. The van der Waals surface area contributed by atoms with Crippen molar-refractivity contribution in [1.82, 2.24) is 0 Å². The molecule has 3 heteroatoms. The highest BCUT2D eigenvalue weighted by molar-refractivity contribution is 5.81. The lowest BCUT2D eigenvalue weighted by atomic mass is 9.69. The summed E-state index contributed by atoms with van der Waals surface area (Å²) in [6.45, 7) is 0. The molecule has 1 N–H and O–H groups in total. The van der Waals surface area contributed by atoms with E-state index in [1.54, 1.807) is 0 Å². The molecule has 0 atom stereocenters. The molecule has 0 amide bonds. The summed E-state index contributed by atoms with van der Waals surface area (Å²) in [5.41, 5.74) is 0.221. The molecule has 3 rings (SSSR count). The first-order valence-corrected chi connectivity index (χ1v) is 7.21. The number of carboxylic acids is 1. The van der Waals surface area contributed by atoms with Crippen molar-refractivity contribution in [2.45, 2.75) is 56.5 Å². The normalized spacial score (nSPS) is 21.9. The molecule has 0 aromatic heterocycles. The molecular formula is C16H20O3. The van der Waals surface area contributed by atoms with Crippen molar-refractivity contribution in [1.29, 1.82) is 0 Å². The maximum atomic E-state index is 11.8. The Morgan fingerprint density at radius 2 is 1.95 bits per heavy atom. The average molecular weight is 260 g/mol. The number of rotatable bonds is 4. The first-order valence-electron chi connectivity index (χ1n) is 7.21. The number of ether oxygens (including phenoxy) is 1. The second kappa shape index (κ2) is 4.87. The third kappa shape index (κ3) is 2.46. The van der Waals surface area contributed by atoms with Gasteiger partial charge in [0.05, 0.1) is 11.5 Å². The lowest BCUT2D eigenvalue weighted by Crippen LogP contribution is -2.37. The number of benzene rings is 1. The molecule has 0 aliphatic heterocycles. The van der Waals surface area contributed by atoms with E-state index < -0.39 is 11.4 Å². The average Bonchev–Trinajstić information content (AvgIpc) is 3.23. The summed E-state index contributed by atoms with van der Waals surface area (Å²) >= 11 is 0. The molecule has 0 saturated heterocycles. The van der Waals surface area contributed by atoms with Crippen LogP contribution in [0, 0.1) is 0 Å². The summed E-state index contributed by atoms with van der Waals surface area (Å²) in [7, 11) is 0. The van der Waals surface area contributed by atoms with E-state index in [-0.39, 0.29) is 0 Å². The van der Waals surface area contributed by atoms with Gasteiger partial charge in [-0.3, -0.25) is 4.79 Å². The van der Waals surface area contributed by atoms with E-state index in [0.717, 1.165) is 56.3 Å². The zero-order valence-electron chi connectivity index (χ0n) is 11.1. The summed E-state index contributed by atoms with van der Waals surface area (Å²) < 4.78 is 5.79. The Hall–Kier alpha value is -1.51. The van der Waals surface area contributed by atoms with Crippen LogP contribution in [0.5, 0.6) is 5.75 Å². The van der Waals surface area contributed by atoms with Gasteiger partial charge in [0.25, 0.3) is 0 Å². The maximum absolute atomic E-state index is 11.8. The Morgan fingerprint density at radius 1 is 1.21 bits per heavy atom. The van der Waals surface area contributed by atoms with Crippen molar-refractivity contribution in [2.24, 2.45) is 0 Å². The lowest BCUT2D eigenvalue weighted by Gasteiger charge is -2.33. The summed E-state index contributed by atoms with van der Waals surface area (Å²) in [6, 6.07) is 7.74. The molecule has 0 bridgehead atoms. The predicted octanol–water partition coefficient (Wildman–Crippen LogP) is 3.51. The Labute approximate surface area is 113 Å². The molecule has 0 unspecified atom stereocenters. The van der Waals surface area contributed by atoms with Crippen LogP contribution in [-0.2, 0) is 10.2 Å². The van der Waals surface area contributed by atoms with Crippen molar-refractivity contribution in [3.05, 3.63) is 29.8 Å². The zero-order valence-corrected chi connectivity index (χ0v) is 11.1. The highest BCUT2D eigenvalue weighted by Gasteiger charge is 2.41. The van der Waals surface area contributed by atoms with Gasteiger partial charge in [0.15, 0.2) is 0 Å². The number of carboxylic acid groups (broad SMARTS) is 1. The smallest absolute Gasteiger partial charge is 0.314 e. The fourth-order valence-corrected chi connectivity index (χ4v) is 3.03. The van der Waals surface area contributed by atoms with E-state index in [4.69, 9.17) is 4.74 Å². The van der Waals surface area contributed by atoms with Crippen molar-refractivity contribution >= 4 is 5.97 Å². The van der Waals surface area contributed by atoms with Gasteiger partial charge in [-0.15, -0.1) is 0 Å². The minimum Gasteiger partial charge on any atom is -0.490 e. The molecule has 0 spiro atoms. The Kier molecular flexibility index (Phi) is 3.21. The van der Waals surface area contributed by atoms with Crippen LogP contribution < -0.4 is 4.74 Å². The van der Waals surface area contributed by atoms with Crippen LogP contribution in [0.1, 0.15) is 50.5 Å². The molecule has 102 valence electrons. The molecule has 0 heterocycles. The first kappa shape index (κ1) is 12.5. The second-order valence-corrected chi connectivity index (χ2v) is 5.79. The van der Waals surface area contributed by atoms with Crippen LogP contribution in [0.4, 0.5) is 0 Å². The molecule has 19 heavy (non-hydrogen) atoms. The molecule has 1 aromatic carbocycles. The first-order chi connectivity index (χ1) is 9.21. The van der Waals surface area contributed by atoms with E-state index >= 15 is 0 Å². The van der Waals surface area contributed by atoms with Gasteiger partial charge < -0.3 is 9.84 Å². The molecule has 2 aliphatic carbocycles. The highest BCUT2D eigenvalue weighted by atomic mass is 16.5. The topological polar surface area (TPSA) is 46.5 Å². The number of aliphatic carboxylic acids is 1. The van der Waals surface area contributed by atoms with Crippen LogP contribution in [0.15, 0.2) is 24.3 Å². The molecule has 1 aromatic rings. The van der Waals surface area contributed by atoms with Crippen molar-refractivity contribution < 1.29 is 14.6 Å². The Bertz CT molecular complexity index is 471. The summed E-state index contributed by atoms with van der Waals surface area (Å²) in [4.78, 5) is 11.8. The van der Waals surface area contributed by atoms with Gasteiger partial charge in [-0.25, -0.2) is 0 Å². The van der Waals surface area contributed by atoms with E-state index in [1.807, 2.05) is 24.3 Å². The molecule has 3 nitrogen and oxygen atoms in total. The maximum Gasteiger partial charge on any atom is 0.314 e. The van der Waals surface area contributed by atoms with Crippen LogP contribution in [0.25, 0.3) is 0 Å².